The van der Waals surface area contributed by atoms with Crippen molar-refractivity contribution < 1.29 is 19.4 Å². The van der Waals surface area contributed by atoms with Gasteiger partial charge in [0.05, 0.1) is 0 Å². The summed E-state index contributed by atoms with van der Waals surface area (Å²) >= 11 is 3.58. The highest BCUT2D eigenvalue weighted by atomic mass is 79.9. The second-order valence-electron chi connectivity index (χ2n) is 5.56. The van der Waals surface area contributed by atoms with E-state index in [1.54, 1.807) is 0 Å². The molecule has 3 rings (SSSR count). The minimum atomic E-state index is -0.930. The van der Waals surface area contributed by atoms with Crippen molar-refractivity contribution in [1.82, 2.24) is 0 Å². The molecule has 0 saturated heterocycles. The first-order chi connectivity index (χ1) is 12.1. The van der Waals surface area contributed by atoms with Gasteiger partial charge in [-0.3, -0.25) is 0 Å². The van der Waals surface area contributed by atoms with Crippen molar-refractivity contribution in [3.05, 3.63) is 65.7 Å². The lowest BCUT2D eigenvalue weighted by Crippen LogP contribution is -2.24. The molecule has 0 spiro atoms. The normalized spacial score (nSPS) is 12.1. The molecule has 3 aromatic carbocycles. The fourth-order valence-corrected chi connectivity index (χ4v) is 3.21. The number of ether oxygens (including phenoxy) is 2. The van der Waals surface area contributed by atoms with Gasteiger partial charge in [0, 0.05) is 21.3 Å². The Hall–Kier alpha value is -2.37. The van der Waals surface area contributed by atoms with E-state index in [-0.39, 0.29) is 13.2 Å². The van der Waals surface area contributed by atoms with Crippen LogP contribution >= 0.6 is 15.9 Å². The molecule has 25 heavy (non-hydrogen) atoms. The SMILES string of the molecule is C=CC(=O)OCC(O)COc1c2ccccc2cc2cccc(Br)c12. The van der Waals surface area contributed by atoms with Crippen molar-refractivity contribution in [2.24, 2.45) is 0 Å². The van der Waals surface area contributed by atoms with Crippen LogP contribution in [0.3, 0.4) is 0 Å². The van der Waals surface area contributed by atoms with Crippen LogP contribution in [0.4, 0.5) is 0 Å². The smallest absolute Gasteiger partial charge is 0.330 e. The van der Waals surface area contributed by atoms with Gasteiger partial charge in [-0.2, -0.15) is 0 Å². The molecule has 5 heteroatoms. The molecule has 3 aromatic rings. The molecule has 1 N–H and O–H groups in total. The summed E-state index contributed by atoms with van der Waals surface area (Å²) < 4.78 is 11.7. The first-order valence-electron chi connectivity index (χ1n) is 7.80. The molecule has 1 atom stereocenters. The second-order valence-corrected chi connectivity index (χ2v) is 6.42. The number of hydrogen-bond acceptors (Lipinski definition) is 4. The van der Waals surface area contributed by atoms with E-state index in [2.05, 4.69) is 28.6 Å². The highest BCUT2D eigenvalue weighted by Gasteiger charge is 2.14. The molecule has 0 aromatic heterocycles. The maximum Gasteiger partial charge on any atom is 0.330 e. The lowest BCUT2D eigenvalue weighted by molar-refractivity contribution is -0.141. The largest absolute Gasteiger partial charge is 0.489 e. The molecule has 0 saturated carbocycles. The monoisotopic (exact) mass is 400 g/mol. The number of carbonyl (C=O) groups is 1. The molecule has 0 aliphatic rings. The van der Waals surface area contributed by atoms with Crippen LogP contribution in [-0.2, 0) is 9.53 Å². The second kappa shape index (κ2) is 7.68. The maximum absolute atomic E-state index is 11.1. The number of benzene rings is 3. The Kier molecular flexibility index (Phi) is 5.36. The van der Waals surface area contributed by atoms with E-state index in [0.717, 1.165) is 32.1 Å². The van der Waals surface area contributed by atoms with Crippen molar-refractivity contribution in [3.63, 3.8) is 0 Å². The van der Waals surface area contributed by atoms with Crippen molar-refractivity contribution in [2.75, 3.05) is 13.2 Å². The summed E-state index contributed by atoms with van der Waals surface area (Å²) in [4.78, 5) is 11.1. The Labute approximate surface area is 153 Å². The zero-order valence-corrected chi connectivity index (χ0v) is 15.0. The zero-order chi connectivity index (χ0) is 17.8. The molecule has 0 aliphatic heterocycles. The molecule has 0 radical (unpaired) electrons. The third-order valence-electron chi connectivity index (χ3n) is 3.79. The Balaban J connectivity index is 1.93. The van der Waals surface area contributed by atoms with Crippen LogP contribution in [0.2, 0.25) is 0 Å². The van der Waals surface area contributed by atoms with Crippen molar-refractivity contribution in [1.29, 1.82) is 0 Å². The van der Waals surface area contributed by atoms with E-state index in [1.165, 1.54) is 0 Å². The Morgan fingerprint density at radius 1 is 1.16 bits per heavy atom. The number of hydrogen-bond donors (Lipinski definition) is 1. The molecular formula is C20H17BrO4. The van der Waals surface area contributed by atoms with Gasteiger partial charge in [-0.05, 0) is 22.9 Å². The van der Waals surface area contributed by atoms with E-state index in [1.807, 2.05) is 42.5 Å². The number of carbonyl (C=O) groups excluding carboxylic acids is 1. The topological polar surface area (TPSA) is 55.8 Å². The predicted molar refractivity (Wildman–Crippen MR) is 102 cm³/mol. The van der Waals surface area contributed by atoms with Crippen molar-refractivity contribution in [2.45, 2.75) is 6.10 Å². The summed E-state index contributed by atoms with van der Waals surface area (Å²) in [5.74, 6) is 0.118. The van der Waals surface area contributed by atoms with Crippen LogP contribution in [0, 0.1) is 0 Å². The standard InChI is InChI=1S/C20H17BrO4/c1-2-18(23)24-11-15(22)12-25-20-16-8-4-3-6-13(16)10-14-7-5-9-17(21)19(14)20/h2-10,15,22H,1,11-12H2. The minimum absolute atomic E-state index is 0.00879. The first kappa shape index (κ1) is 17.5. The van der Waals surface area contributed by atoms with Crippen LogP contribution in [-0.4, -0.2) is 30.4 Å². The fourth-order valence-electron chi connectivity index (χ4n) is 2.65. The Bertz CT molecular complexity index is 936. The number of fused-ring (bicyclic) bond motifs is 2. The molecular weight excluding hydrogens is 384 g/mol. The van der Waals surface area contributed by atoms with Gasteiger partial charge in [-0.25, -0.2) is 4.79 Å². The van der Waals surface area contributed by atoms with E-state index >= 15 is 0 Å². The summed E-state index contributed by atoms with van der Waals surface area (Å²) in [6, 6.07) is 15.9. The van der Waals surface area contributed by atoms with Gasteiger partial charge in [0.15, 0.2) is 0 Å². The third kappa shape index (κ3) is 3.83. The molecule has 1 unspecified atom stereocenters. The lowest BCUT2D eigenvalue weighted by atomic mass is 10.0. The Morgan fingerprint density at radius 2 is 1.92 bits per heavy atom. The van der Waals surface area contributed by atoms with Gasteiger partial charge in [0.1, 0.15) is 25.1 Å². The molecule has 0 aliphatic carbocycles. The number of esters is 1. The van der Waals surface area contributed by atoms with Crippen LogP contribution in [0.25, 0.3) is 21.5 Å². The highest BCUT2D eigenvalue weighted by Crippen LogP contribution is 2.38. The molecule has 4 nitrogen and oxygen atoms in total. The summed E-state index contributed by atoms with van der Waals surface area (Å²) in [7, 11) is 0. The van der Waals surface area contributed by atoms with E-state index in [9.17, 15) is 9.90 Å². The Morgan fingerprint density at radius 3 is 2.72 bits per heavy atom. The van der Waals surface area contributed by atoms with Gasteiger partial charge in [0.25, 0.3) is 0 Å². The number of halogens is 1. The number of aliphatic hydroxyl groups excluding tert-OH is 1. The van der Waals surface area contributed by atoms with Gasteiger partial charge < -0.3 is 14.6 Å². The summed E-state index contributed by atoms with van der Waals surface area (Å²) in [6.45, 7) is 3.18. The van der Waals surface area contributed by atoms with Gasteiger partial charge >= 0.3 is 5.97 Å². The van der Waals surface area contributed by atoms with Crippen LogP contribution in [0.1, 0.15) is 0 Å². The first-order valence-corrected chi connectivity index (χ1v) is 8.59. The lowest BCUT2D eigenvalue weighted by Gasteiger charge is -2.16. The van der Waals surface area contributed by atoms with E-state index in [4.69, 9.17) is 9.47 Å². The molecule has 0 fully saturated rings. The highest BCUT2D eigenvalue weighted by molar-refractivity contribution is 9.10. The van der Waals surface area contributed by atoms with Crippen molar-refractivity contribution >= 4 is 43.4 Å². The number of rotatable bonds is 6. The maximum atomic E-state index is 11.1. The van der Waals surface area contributed by atoms with Crippen LogP contribution < -0.4 is 4.74 Å². The fraction of sp³-hybridized carbons (Fsp3) is 0.150. The minimum Gasteiger partial charge on any atom is -0.489 e. The van der Waals surface area contributed by atoms with Crippen LogP contribution in [0.5, 0.6) is 5.75 Å². The van der Waals surface area contributed by atoms with E-state index in [0.29, 0.717) is 5.75 Å². The molecule has 0 amide bonds. The average molecular weight is 401 g/mol. The van der Waals surface area contributed by atoms with Gasteiger partial charge in [-0.15, -0.1) is 0 Å². The summed E-state index contributed by atoms with van der Waals surface area (Å²) in [5, 5.41) is 14.0. The van der Waals surface area contributed by atoms with Gasteiger partial charge in [0.2, 0.25) is 0 Å². The van der Waals surface area contributed by atoms with Crippen LogP contribution in [0.15, 0.2) is 65.7 Å². The predicted octanol–water partition coefficient (Wildman–Crippen LogP) is 4.22. The molecule has 0 bridgehead atoms. The number of aliphatic hydroxyl groups is 1. The molecule has 0 heterocycles. The molecule has 128 valence electrons. The third-order valence-corrected chi connectivity index (χ3v) is 4.45. The average Bonchev–Trinajstić information content (AvgIpc) is 2.63. The van der Waals surface area contributed by atoms with Crippen molar-refractivity contribution in [3.8, 4) is 5.75 Å². The summed E-state index contributed by atoms with van der Waals surface area (Å²) in [5.41, 5.74) is 0. The zero-order valence-electron chi connectivity index (χ0n) is 13.4. The van der Waals surface area contributed by atoms with E-state index < -0.39 is 12.1 Å². The van der Waals surface area contributed by atoms with Gasteiger partial charge in [-0.1, -0.05) is 58.9 Å². The quantitative estimate of drug-likeness (QED) is 0.382. The summed E-state index contributed by atoms with van der Waals surface area (Å²) in [6.07, 6.45) is 0.128.